The van der Waals surface area contributed by atoms with Crippen LogP contribution in [0.15, 0.2) is 12.7 Å². The molecule has 4 amide bonds. The molecular formula is C9H13N3O3. The summed E-state index contributed by atoms with van der Waals surface area (Å²) >= 11 is 0. The third-order valence-corrected chi connectivity index (χ3v) is 1.98. The Morgan fingerprint density at radius 2 is 2.27 bits per heavy atom. The lowest BCUT2D eigenvalue weighted by atomic mass is 10.4. The lowest BCUT2D eigenvalue weighted by Crippen LogP contribution is -2.41. The van der Waals surface area contributed by atoms with Gasteiger partial charge in [0.2, 0.25) is 5.91 Å². The molecule has 0 atom stereocenters. The van der Waals surface area contributed by atoms with Crippen molar-refractivity contribution < 1.29 is 14.4 Å². The third kappa shape index (κ3) is 2.55. The molecule has 1 aliphatic rings. The van der Waals surface area contributed by atoms with E-state index in [0.717, 1.165) is 4.90 Å². The van der Waals surface area contributed by atoms with Crippen molar-refractivity contribution in [1.82, 2.24) is 15.1 Å². The second kappa shape index (κ2) is 4.59. The van der Waals surface area contributed by atoms with Gasteiger partial charge in [-0.05, 0) is 0 Å². The van der Waals surface area contributed by atoms with Crippen LogP contribution < -0.4 is 5.32 Å². The van der Waals surface area contributed by atoms with Crippen molar-refractivity contribution >= 4 is 17.8 Å². The van der Waals surface area contributed by atoms with Gasteiger partial charge in [-0.1, -0.05) is 6.08 Å². The first kappa shape index (κ1) is 11.2. The molecule has 0 unspecified atom stereocenters. The van der Waals surface area contributed by atoms with Crippen LogP contribution in [0.1, 0.15) is 0 Å². The van der Waals surface area contributed by atoms with Crippen LogP contribution >= 0.6 is 0 Å². The number of rotatable bonds is 4. The van der Waals surface area contributed by atoms with E-state index in [1.165, 1.54) is 18.0 Å². The Bertz CT molecular complexity index is 314. The minimum Gasteiger partial charge on any atom is -0.351 e. The Hall–Kier alpha value is -1.85. The zero-order chi connectivity index (χ0) is 11.4. The van der Waals surface area contributed by atoms with Crippen LogP contribution in [0.3, 0.4) is 0 Å². The maximum Gasteiger partial charge on any atom is 0.327 e. The summed E-state index contributed by atoms with van der Waals surface area (Å²) in [5.74, 6) is -0.719. The highest BCUT2D eigenvalue weighted by molar-refractivity contribution is 6.04. The number of likely N-dealkylation sites (N-methyl/N-ethyl adjacent to an activating group) is 1. The number of imide groups is 1. The van der Waals surface area contributed by atoms with Crippen LogP contribution in [0, 0.1) is 0 Å². The van der Waals surface area contributed by atoms with Gasteiger partial charge in [0, 0.05) is 13.6 Å². The Morgan fingerprint density at radius 3 is 2.73 bits per heavy atom. The highest BCUT2D eigenvalue weighted by Gasteiger charge is 2.34. The Labute approximate surface area is 87.5 Å². The van der Waals surface area contributed by atoms with Gasteiger partial charge in [0.05, 0.1) is 0 Å². The van der Waals surface area contributed by atoms with Crippen molar-refractivity contribution in [1.29, 1.82) is 0 Å². The van der Waals surface area contributed by atoms with Gasteiger partial charge in [-0.2, -0.15) is 0 Å². The van der Waals surface area contributed by atoms with Crippen LogP contribution in [0.2, 0.25) is 0 Å². The second-order valence-corrected chi connectivity index (χ2v) is 3.21. The zero-order valence-corrected chi connectivity index (χ0v) is 8.52. The number of urea groups is 1. The average Bonchev–Trinajstić information content (AvgIpc) is 2.42. The van der Waals surface area contributed by atoms with E-state index in [4.69, 9.17) is 0 Å². The normalized spacial score (nSPS) is 15.8. The molecule has 15 heavy (non-hydrogen) atoms. The standard InChI is InChI=1S/C9H13N3O3/c1-3-4-10-7(13)5-12-8(14)6-11(2)9(12)15/h3H,1,4-6H2,2H3,(H,10,13). The highest BCUT2D eigenvalue weighted by atomic mass is 16.2. The molecule has 6 heteroatoms. The van der Waals surface area contributed by atoms with E-state index in [-0.39, 0.29) is 24.9 Å². The molecule has 82 valence electrons. The van der Waals surface area contributed by atoms with Crippen LogP contribution in [0.4, 0.5) is 4.79 Å². The Morgan fingerprint density at radius 1 is 1.60 bits per heavy atom. The summed E-state index contributed by atoms with van der Waals surface area (Å²) in [7, 11) is 1.52. The molecule has 0 spiro atoms. The van der Waals surface area contributed by atoms with Crippen LogP contribution in [-0.4, -0.2) is 54.3 Å². The predicted molar refractivity (Wildman–Crippen MR) is 52.9 cm³/mol. The predicted octanol–water partition coefficient (Wildman–Crippen LogP) is -0.817. The Balaban J connectivity index is 2.51. The van der Waals surface area contributed by atoms with Crippen molar-refractivity contribution in [2.24, 2.45) is 0 Å². The van der Waals surface area contributed by atoms with E-state index >= 15 is 0 Å². The van der Waals surface area contributed by atoms with Gasteiger partial charge in [-0.25, -0.2) is 4.79 Å². The molecule has 0 aromatic carbocycles. The van der Waals surface area contributed by atoms with Gasteiger partial charge < -0.3 is 10.2 Å². The zero-order valence-electron chi connectivity index (χ0n) is 8.52. The molecule has 1 heterocycles. The molecule has 1 saturated heterocycles. The maximum atomic E-state index is 11.4. The van der Waals surface area contributed by atoms with Gasteiger partial charge in [-0.3, -0.25) is 14.5 Å². The lowest BCUT2D eigenvalue weighted by molar-refractivity contribution is -0.130. The minimum atomic E-state index is -0.436. The van der Waals surface area contributed by atoms with Crippen molar-refractivity contribution in [2.75, 3.05) is 26.7 Å². The van der Waals surface area contributed by atoms with E-state index in [2.05, 4.69) is 11.9 Å². The van der Waals surface area contributed by atoms with Gasteiger partial charge in [0.15, 0.2) is 0 Å². The van der Waals surface area contributed by atoms with Crippen LogP contribution in [0.5, 0.6) is 0 Å². The molecule has 1 aliphatic heterocycles. The van der Waals surface area contributed by atoms with Crippen molar-refractivity contribution in [3.8, 4) is 0 Å². The molecule has 1 fully saturated rings. The summed E-state index contributed by atoms with van der Waals surface area (Å²) in [6.07, 6.45) is 1.53. The molecule has 1 N–H and O–H groups in total. The molecule has 6 nitrogen and oxygen atoms in total. The number of nitrogens with one attached hydrogen (secondary N) is 1. The van der Waals surface area contributed by atoms with Crippen molar-refractivity contribution in [2.45, 2.75) is 0 Å². The van der Waals surface area contributed by atoms with E-state index in [0.29, 0.717) is 6.54 Å². The smallest absolute Gasteiger partial charge is 0.327 e. The summed E-state index contributed by atoms with van der Waals surface area (Å²) in [5.41, 5.74) is 0. The van der Waals surface area contributed by atoms with E-state index < -0.39 is 6.03 Å². The van der Waals surface area contributed by atoms with Gasteiger partial charge in [0.1, 0.15) is 13.1 Å². The van der Waals surface area contributed by atoms with E-state index in [9.17, 15) is 14.4 Å². The first-order valence-corrected chi connectivity index (χ1v) is 4.49. The average molecular weight is 211 g/mol. The number of nitrogens with zero attached hydrogens (tertiary/aromatic N) is 2. The van der Waals surface area contributed by atoms with Gasteiger partial charge in [0.25, 0.3) is 5.91 Å². The molecule has 0 aromatic rings. The van der Waals surface area contributed by atoms with Crippen LogP contribution in [-0.2, 0) is 9.59 Å². The monoisotopic (exact) mass is 211 g/mol. The first-order valence-electron chi connectivity index (χ1n) is 4.49. The van der Waals surface area contributed by atoms with Gasteiger partial charge in [-0.15, -0.1) is 6.58 Å². The van der Waals surface area contributed by atoms with Crippen LogP contribution in [0.25, 0.3) is 0 Å². The maximum absolute atomic E-state index is 11.4. The van der Waals surface area contributed by atoms with E-state index in [1.807, 2.05) is 0 Å². The molecule has 0 aliphatic carbocycles. The minimum absolute atomic E-state index is 0.0353. The highest BCUT2D eigenvalue weighted by Crippen LogP contribution is 2.06. The molecule has 0 aromatic heterocycles. The fourth-order valence-corrected chi connectivity index (χ4v) is 1.21. The number of amides is 4. The van der Waals surface area contributed by atoms with Crippen molar-refractivity contribution in [3.05, 3.63) is 12.7 Å². The number of carbonyl (C=O) groups excluding carboxylic acids is 3. The number of hydrogen-bond acceptors (Lipinski definition) is 3. The topological polar surface area (TPSA) is 69.7 Å². The number of carbonyl (C=O) groups is 3. The Kier molecular flexibility index (Phi) is 3.43. The molecular weight excluding hydrogens is 198 g/mol. The molecule has 1 rings (SSSR count). The molecule has 0 radical (unpaired) electrons. The van der Waals surface area contributed by atoms with Crippen molar-refractivity contribution in [3.63, 3.8) is 0 Å². The largest absolute Gasteiger partial charge is 0.351 e. The lowest BCUT2D eigenvalue weighted by Gasteiger charge is -2.13. The van der Waals surface area contributed by atoms with E-state index in [1.54, 1.807) is 0 Å². The SMILES string of the molecule is C=CCNC(=O)CN1C(=O)CN(C)C1=O. The summed E-state index contributed by atoms with van der Waals surface area (Å²) < 4.78 is 0. The second-order valence-electron chi connectivity index (χ2n) is 3.21. The number of hydrogen-bond donors (Lipinski definition) is 1. The quantitative estimate of drug-likeness (QED) is 0.488. The third-order valence-electron chi connectivity index (χ3n) is 1.98. The summed E-state index contributed by atoms with van der Waals surface area (Å²) in [4.78, 5) is 36.1. The fourth-order valence-electron chi connectivity index (χ4n) is 1.21. The molecule has 0 bridgehead atoms. The molecule has 0 saturated carbocycles. The summed E-state index contributed by atoms with van der Waals surface area (Å²) in [6, 6.07) is -0.436. The van der Waals surface area contributed by atoms with Gasteiger partial charge >= 0.3 is 6.03 Å². The first-order chi connectivity index (χ1) is 7.06. The summed E-state index contributed by atoms with van der Waals surface area (Å²) in [6.45, 7) is 3.57. The summed E-state index contributed by atoms with van der Waals surface area (Å²) in [5, 5.41) is 2.49. The fraction of sp³-hybridized carbons (Fsp3) is 0.444.